The lowest BCUT2D eigenvalue weighted by Gasteiger charge is -2.15. The summed E-state index contributed by atoms with van der Waals surface area (Å²) in [6, 6.07) is 1.86. The Morgan fingerprint density at radius 1 is 1.36 bits per heavy atom. The van der Waals surface area contributed by atoms with Gasteiger partial charge in [-0.05, 0) is 38.9 Å². The standard InChI is InChI=1S/C15H25Cl2N5/c1-4-18-15(19-8-11-5-6-21(2)10-11)20-9-12-7-13(16)14(17)22(12)3/h7,11H,4-6,8-10H2,1-3H3,(H2,18,19,20). The molecule has 22 heavy (non-hydrogen) atoms. The molecule has 2 heterocycles. The zero-order valence-corrected chi connectivity index (χ0v) is 15.0. The normalized spacial score (nSPS) is 19.7. The predicted molar refractivity (Wildman–Crippen MR) is 93.9 cm³/mol. The van der Waals surface area contributed by atoms with Gasteiger partial charge in [-0.15, -0.1) is 0 Å². The summed E-state index contributed by atoms with van der Waals surface area (Å²) in [5, 5.41) is 7.84. The van der Waals surface area contributed by atoms with E-state index in [1.165, 1.54) is 13.0 Å². The second kappa shape index (κ2) is 8.09. The zero-order valence-electron chi connectivity index (χ0n) is 13.5. The van der Waals surface area contributed by atoms with Crippen molar-refractivity contribution in [2.75, 3.05) is 33.2 Å². The van der Waals surface area contributed by atoms with Crippen LogP contribution in [-0.2, 0) is 13.6 Å². The van der Waals surface area contributed by atoms with Crippen LogP contribution in [0, 0.1) is 5.92 Å². The molecule has 1 aliphatic heterocycles. The number of hydrogen-bond donors (Lipinski definition) is 2. The molecular weight excluding hydrogens is 321 g/mol. The van der Waals surface area contributed by atoms with Gasteiger partial charge < -0.3 is 20.1 Å². The van der Waals surface area contributed by atoms with Crippen LogP contribution in [-0.4, -0.2) is 48.7 Å². The van der Waals surface area contributed by atoms with E-state index in [0.717, 1.165) is 31.3 Å². The minimum atomic E-state index is 0.544. The lowest BCUT2D eigenvalue weighted by Crippen LogP contribution is -2.40. The first-order chi connectivity index (χ1) is 10.5. The summed E-state index contributed by atoms with van der Waals surface area (Å²) < 4.78 is 1.86. The monoisotopic (exact) mass is 345 g/mol. The van der Waals surface area contributed by atoms with Crippen LogP contribution in [0.5, 0.6) is 0 Å². The van der Waals surface area contributed by atoms with E-state index in [0.29, 0.717) is 22.6 Å². The van der Waals surface area contributed by atoms with Gasteiger partial charge in [-0.1, -0.05) is 23.2 Å². The largest absolute Gasteiger partial charge is 0.357 e. The summed E-state index contributed by atoms with van der Waals surface area (Å²) in [7, 11) is 4.07. The smallest absolute Gasteiger partial charge is 0.191 e. The van der Waals surface area contributed by atoms with E-state index in [-0.39, 0.29) is 0 Å². The third kappa shape index (κ3) is 4.54. The van der Waals surface area contributed by atoms with Crippen molar-refractivity contribution in [1.29, 1.82) is 0 Å². The highest BCUT2D eigenvalue weighted by atomic mass is 35.5. The summed E-state index contributed by atoms with van der Waals surface area (Å²) in [4.78, 5) is 6.99. The number of aromatic nitrogens is 1. The summed E-state index contributed by atoms with van der Waals surface area (Å²) in [5.74, 6) is 1.53. The van der Waals surface area contributed by atoms with Gasteiger partial charge in [0.25, 0.3) is 0 Å². The molecule has 1 unspecified atom stereocenters. The molecule has 1 saturated heterocycles. The average Bonchev–Trinajstić information content (AvgIpc) is 3.01. The van der Waals surface area contributed by atoms with Crippen molar-refractivity contribution in [2.45, 2.75) is 19.9 Å². The molecule has 1 aliphatic rings. The molecule has 0 bridgehead atoms. The highest BCUT2D eigenvalue weighted by molar-refractivity contribution is 6.41. The molecule has 0 spiro atoms. The first-order valence-corrected chi connectivity index (χ1v) is 8.47. The minimum absolute atomic E-state index is 0.544. The Morgan fingerprint density at radius 3 is 2.68 bits per heavy atom. The van der Waals surface area contributed by atoms with Crippen LogP contribution >= 0.6 is 23.2 Å². The van der Waals surface area contributed by atoms with E-state index < -0.39 is 0 Å². The molecule has 1 fully saturated rings. The van der Waals surface area contributed by atoms with E-state index in [1.807, 2.05) is 17.7 Å². The maximum absolute atomic E-state index is 6.08. The van der Waals surface area contributed by atoms with E-state index in [9.17, 15) is 0 Å². The first-order valence-electron chi connectivity index (χ1n) is 7.71. The number of guanidine groups is 1. The Morgan fingerprint density at radius 2 is 2.14 bits per heavy atom. The predicted octanol–water partition coefficient (Wildman–Crippen LogP) is 2.34. The zero-order chi connectivity index (χ0) is 16.1. The second-order valence-electron chi connectivity index (χ2n) is 5.83. The number of halogens is 2. The molecule has 2 N–H and O–H groups in total. The second-order valence-corrected chi connectivity index (χ2v) is 6.59. The Hall–Kier alpha value is -0.910. The fourth-order valence-electron chi connectivity index (χ4n) is 2.68. The third-order valence-electron chi connectivity index (χ3n) is 4.01. The van der Waals surface area contributed by atoms with Gasteiger partial charge in [-0.25, -0.2) is 4.99 Å². The van der Waals surface area contributed by atoms with Crippen molar-refractivity contribution >= 4 is 29.2 Å². The van der Waals surface area contributed by atoms with Gasteiger partial charge in [0.05, 0.1) is 11.6 Å². The van der Waals surface area contributed by atoms with E-state index in [1.54, 1.807) is 0 Å². The highest BCUT2D eigenvalue weighted by Crippen LogP contribution is 2.25. The molecule has 0 radical (unpaired) electrons. The third-order valence-corrected chi connectivity index (χ3v) is 4.85. The van der Waals surface area contributed by atoms with Crippen molar-refractivity contribution in [3.63, 3.8) is 0 Å². The van der Waals surface area contributed by atoms with Gasteiger partial charge >= 0.3 is 0 Å². The lowest BCUT2D eigenvalue weighted by atomic mass is 10.1. The van der Waals surface area contributed by atoms with Crippen molar-refractivity contribution in [2.24, 2.45) is 18.0 Å². The molecule has 5 nitrogen and oxygen atoms in total. The fraction of sp³-hybridized carbons (Fsp3) is 0.667. The van der Waals surface area contributed by atoms with Crippen LogP contribution < -0.4 is 10.6 Å². The minimum Gasteiger partial charge on any atom is -0.357 e. The Balaban J connectivity index is 1.93. The molecule has 0 aliphatic carbocycles. The summed E-state index contributed by atoms with van der Waals surface area (Å²) >= 11 is 12.1. The van der Waals surface area contributed by atoms with Gasteiger partial charge in [0, 0.05) is 32.4 Å². The number of rotatable bonds is 5. The van der Waals surface area contributed by atoms with E-state index in [2.05, 4.69) is 34.5 Å². The summed E-state index contributed by atoms with van der Waals surface area (Å²) in [6.07, 6.45) is 1.24. The molecule has 0 aromatic carbocycles. The van der Waals surface area contributed by atoms with Crippen molar-refractivity contribution in [3.05, 3.63) is 21.9 Å². The number of likely N-dealkylation sites (tertiary alicyclic amines) is 1. The van der Waals surface area contributed by atoms with Gasteiger partial charge in [0.2, 0.25) is 0 Å². The molecular formula is C15H25Cl2N5. The van der Waals surface area contributed by atoms with Gasteiger partial charge in [0.15, 0.2) is 5.96 Å². The fourth-order valence-corrected chi connectivity index (χ4v) is 3.09. The number of nitrogens with zero attached hydrogens (tertiary/aromatic N) is 3. The first kappa shape index (κ1) is 17.4. The van der Waals surface area contributed by atoms with Gasteiger partial charge in [0.1, 0.15) is 5.15 Å². The highest BCUT2D eigenvalue weighted by Gasteiger charge is 2.19. The lowest BCUT2D eigenvalue weighted by molar-refractivity contribution is 0.394. The SMILES string of the molecule is CCNC(=NCc1cc(Cl)c(Cl)n1C)NCC1CCN(C)C1. The van der Waals surface area contributed by atoms with Gasteiger partial charge in [-0.3, -0.25) is 0 Å². The van der Waals surface area contributed by atoms with Crippen molar-refractivity contribution in [3.8, 4) is 0 Å². The molecule has 2 rings (SSSR count). The molecule has 124 valence electrons. The Bertz CT molecular complexity index is 526. The number of aliphatic imine (C=N–C) groups is 1. The van der Waals surface area contributed by atoms with Crippen LogP contribution in [0.3, 0.4) is 0 Å². The molecule has 0 amide bonds. The van der Waals surface area contributed by atoms with E-state index >= 15 is 0 Å². The summed E-state index contributed by atoms with van der Waals surface area (Å²) in [6.45, 7) is 6.73. The summed E-state index contributed by atoms with van der Waals surface area (Å²) in [5.41, 5.74) is 0.993. The molecule has 1 atom stereocenters. The van der Waals surface area contributed by atoms with Crippen LogP contribution in [0.25, 0.3) is 0 Å². The molecule has 1 aromatic rings. The molecule has 0 saturated carbocycles. The number of nitrogens with one attached hydrogen (secondary N) is 2. The van der Waals surface area contributed by atoms with Crippen molar-refractivity contribution in [1.82, 2.24) is 20.1 Å². The van der Waals surface area contributed by atoms with Crippen LogP contribution in [0.4, 0.5) is 0 Å². The van der Waals surface area contributed by atoms with E-state index in [4.69, 9.17) is 23.2 Å². The quantitative estimate of drug-likeness (QED) is 0.635. The average molecular weight is 346 g/mol. The molecule has 7 heteroatoms. The Labute approximate surface area is 142 Å². The molecule has 1 aromatic heterocycles. The van der Waals surface area contributed by atoms with Crippen LogP contribution in [0.15, 0.2) is 11.1 Å². The topological polar surface area (TPSA) is 44.6 Å². The Kier molecular flexibility index (Phi) is 6.41. The van der Waals surface area contributed by atoms with Crippen LogP contribution in [0.2, 0.25) is 10.2 Å². The number of hydrogen-bond acceptors (Lipinski definition) is 2. The van der Waals surface area contributed by atoms with Crippen LogP contribution in [0.1, 0.15) is 19.0 Å². The maximum Gasteiger partial charge on any atom is 0.191 e. The van der Waals surface area contributed by atoms with Gasteiger partial charge in [-0.2, -0.15) is 0 Å². The van der Waals surface area contributed by atoms with Crippen molar-refractivity contribution < 1.29 is 0 Å². The maximum atomic E-state index is 6.08.